The van der Waals surface area contributed by atoms with Crippen molar-refractivity contribution in [3.8, 4) is 23.1 Å². The van der Waals surface area contributed by atoms with Crippen molar-refractivity contribution in [1.82, 2.24) is 4.98 Å². The Morgan fingerprint density at radius 3 is 2.44 bits per heavy atom. The van der Waals surface area contributed by atoms with Crippen LogP contribution in [0.3, 0.4) is 0 Å². The van der Waals surface area contributed by atoms with Crippen molar-refractivity contribution in [2.75, 3.05) is 18.5 Å². The summed E-state index contributed by atoms with van der Waals surface area (Å²) in [6.07, 6.45) is 1.62. The minimum absolute atomic E-state index is 0. The molecule has 3 aromatic rings. The second-order valence-electron chi connectivity index (χ2n) is 6.41. The van der Waals surface area contributed by atoms with Gasteiger partial charge in [-0.3, -0.25) is 0 Å². The highest BCUT2D eigenvalue weighted by Crippen LogP contribution is 2.29. The molecule has 9 heteroatoms. The summed E-state index contributed by atoms with van der Waals surface area (Å²) in [7, 11) is 0. The third-order valence-corrected chi connectivity index (χ3v) is 4.09. The van der Waals surface area contributed by atoms with Crippen LogP contribution in [0.1, 0.15) is 19.4 Å². The van der Waals surface area contributed by atoms with Crippen LogP contribution in [-0.2, 0) is 6.54 Å². The van der Waals surface area contributed by atoms with Crippen molar-refractivity contribution in [1.29, 1.82) is 0 Å². The topological polar surface area (TPSA) is 91.0 Å². The highest BCUT2D eigenvalue weighted by Gasteiger charge is 2.08. The van der Waals surface area contributed by atoms with Crippen molar-refractivity contribution in [3.05, 3.63) is 72.2 Å². The van der Waals surface area contributed by atoms with Crippen LogP contribution in [0.5, 0.6) is 23.1 Å². The number of hydrogen-bond acceptors (Lipinski definition) is 5. The van der Waals surface area contributed by atoms with Crippen LogP contribution in [0.25, 0.3) is 0 Å². The fraction of sp³-hybridized carbons (Fsp3) is 0.217. The Morgan fingerprint density at radius 1 is 1.00 bits per heavy atom. The standard InChI is InChI=1S/C23H25FN4O3.HI/c1-3-29-19-9-10-21(30-4-2)20(14-19)28-23(25)27-15-16-11-12-26-22(13-16)31-18-7-5-17(24)6-8-18;/h5-14H,3-4,15H2,1-2H3,(H3,25,27,28);1H. The maximum absolute atomic E-state index is 13.0. The van der Waals surface area contributed by atoms with Gasteiger partial charge in [-0.1, -0.05) is 0 Å². The molecule has 1 heterocycles. The van der Waals surface area contributed by atoms with E-state index in [0.29, 0.717) is 48.6 Å². The van der Waals surface area contributed by atoms with E-state index in [2.05, 4.69) is 15.3 Å². The molecule has 1 aromatic heterocycles. The molecule has 3 N–H and O–H groups in total. The number of ether oxygens (including phenoxy) is 3. The van der Waals surface area contributed by atoms with Crippen LogP contribution >= 0.6 is 24.0 Å². The summed E-state index contributed by atoms with van der Waals surface area (Å²) in [4.78, 5) is 8.55. The lowest BCUT2D eigenvalue weighted by Gasteiger charge is -2.14. The van der Waals surface area contributed by atoms with E-state index >= 15 is 0 Å². The molecule has 0 bridgehead atoms. The molecule has 0 fully saturated rings. The fourth-order valence-electron chi connectivity index (χ4n) is 2.73. The van der Waals surface area contributed by atoms with Gasteiger partial charge >= 0.3 is 0 Å². The molecule has 0 saturated heterocycles. The summed E-state index contributed by atoms with van der Waals surface area (Å²) in [6, 6.07) is 14.8. The Balaban J connectivity index is 0.00000363. The smallest absolute Gasteiger partial charge is 0.219 e. The average molecular weight is 552 g/mol. The first-order valence-electron chi connectivity index (χ1n) is 9.92. The van der Waals surface area contributed by atoms with Gasteiger partial charge in [0.1, 0.15) is 23.1 Å². The lowest BCUT2D eigenvalue weighted by molar-refractivity contribution is 0.332. The van der Waals surface area contributed by atoms with Gasteiger partial charge in [-0.15, -0.1) is 24.0 Å². The summed E-state index contributed by atoms with van der Waals surface area (Å²) in [6.45, 7) is 5.22. The van der Waals surface area contributed by atoms with E-state index in [0.717, 1.165) is 5.56 Å². The molecule has 0 aliphatic rings. The molecule has 170 valence electrons. The van der Waals surface area contributed by atoms with Gasteiger partial charge in [-0.2, -0.15) is 0 Å². The molecule has 0 unspecified atom stereocenters. The van der Waals surface area contributed by atoms with Gasteiger partial charge in [0, 0.05) is 18.3 Å². The maximum Gasteiger partial charge on any atom is 0.219 e. The second kappa shape index (κ2) is 12.7. The number of aromatic nitrogens is 1. The molecule has 0 aliphatic heterocycles. The zero-order valence-electron chi connectivity index (χ0n) is 17.9. The van der Waals surface area contributed by atoms with Gasteiger partial charge in [0.15, 0.2) is 5.96 Å². The number of halogens is 2. The van der Waals surface area contributed by atoms with Crippen LogP contribution in [0, 0.1) is 5.82 Å². The number of hydrogen-bond donors (Lipinski definition) is 2. The van der Waals surface area contributed by atoms with E-state index in [-0.39, 0.29) is 35.8 Å². The number of guanidine groups is 1. The van der Waals surface area contributed by atoms with Crippen molar-refractivity contribution in [3.63, 3.8) is 0 Å². The van der Waals surface area contributed by atoms with Crippen LogP contribution < -0.4 is 25.3 Å². The molecule has 2 aromatic carbocycles. The Kier molecular flexibility index (Phi) is 9.99. The van der Waals surface area contributed by atoms with Crippen LogP contribution in [0.2, 0.25) is 0 Å². The van der Waals surface area contributed by atoms with E-state index in [1.807, 2.05) is 38.1 Å². The quantitative estimate of drug-likeness (QED) is 0.211. The van der Waals surface area contributed by atoms with E-state index in [4.69, 9.17) is 19.9 Å². The summed E-state index contributed by atoms with van der Waals surface area (Å²) in [5.74, 6) is 2.14. The van der Waals surface area contributed by atoms with Crippen LogP contribution in [0.4, 0.5) is 10.1 Å². The first-order chi connectivity index (χ1) is 15.1. The summed E-state index contributed by atoms with van der Waals surface area (Å²) in [5.41, 5.74) is 7.60. The van der Waals surface area contributed by atoms with E-state index in [1.165, 1.54) is 24.3 Å². The van der Waals surface area contributed by atoms with Crippen LogP contribution in [-0.4, -0.2) is 24.2 Å². The predicted molar refractivity (Wildman–Crippen MR) is 134 cm³/mol. The summed E-state index contributed by atoms with van der Waals surface area (Å²) in [5, 5.41) is 3.06. The molecule has 0 aliphatic carbocycles. The Labute approximate surface area is 203 Å². The molecule has 0 amide bonds. The van der Waals surface area contributed by atoms with Crippen molar-refractivity contribution in [2.24, 2.45) is 10.7 Å². The number of anilines is 1. The van der Waals surface area contributed by atoms with E-state index in [1.54, 1.807) is 12.3 Å². The zero-order chi connectivity index (χ0) is 22.1. The molecular weight excluding hydrogens is 526 g/mol. The van der Waals surface area contributed by atoms with Crippen molar-refractivity contribution >= 4 is 35.6 Å². The number of nitrogens with zero attached hydrogens (tertiary/aromatic N) is 2. The third kappa shape index (κ3) is 7.56. The van der Waals surface area contributed by atoms with Gasteiger partial charge in [0.25, 0.3) is 0 Å². The number of nitrogens with one attached hydrogen (secondary N) is 1. The van der Waals surface area contributed by atoms with Gasteiger partial charge < -0.3 is 25.3 Å². The maximum atomic E-state index is 13.0. The first kappa shape index (κ1) is 25.2. The Hall–Kier alpha value is -3.08. The SMILES string of the molecule is CCOc1ccc(OCC)c(NC(N)=NCc2ccnc(Oc3ccc(F)cc3)c2)c1.I. The van der Waals surface area contributed by atoms with Gasteiger partial charge in [-0.25, -0.2) is 14.4 Å². The van der Waals surface area contributed by atoms with E-state index < -0.39 is 0 Å². The number of aliphatic imine (C=N–C) groups is 1. The monoisotopic (exact) mass is 552 g/mol. The van der Waals surface area contributed by atoms with Gasteiger partial charge in [-0.05, 0) is 61.9 Å². The minimum Gasteiger partial charge on any atom is -0.494 e. The molecular formula is C23H26FIN4O3. The number of pyridine rings is 1. The van der Waals surface area contributed by atoms with Crippen molar-refractivity contribution < 1.29 is 18.6 Å². The summed E-state index contributed by atoms with van der Waals surface area (Å²) < 4.78 is 29.9. The first-order valence-corrected chi connectivity index (χ1v) is 9.92. The molecule has 0 spiro atoms. The number of rotatable bonds is 9. The molecule has 0 atom stereocenters. The molecule has 7 nitrogen and oxygen atoms in total. The second-order valence-corrected chi connectivity index (χ2v) is 6.41. The van der Waals surface area contributed by atoms with Gasteiger partial charge in [0.05, 0.1) is 25.4 Å². The Bertz CT molecular complexity index is 1030. The normalized spacial score (nSPS) is 10.8. The number of benzene rings is 2. The molecule has 3 rings (SSSR count). The largest absolute Gasteiger partial charge is 0.494 e. The third-order valence-electron chi connectivity index (χ3n) is 4.09. The highest BCUT2D eigenvalue weighted by molar-refractivity contribution is 14.0. The molecule has 32 heavy (non-hydrogen) atoms. The van der Waals surface area contributed by atoms with Crippen molar-refractivity contribution in [2.45, 2.75) is 20.4 Å². The predicted octanol–water partition coefficient (Wildman–Crippen LogP) is 5.36. The molecule has 0 radical (unpaired) electrons. The zero-order valence-corrected chi connectivity index (χ0v) is 20.2. The van der Waals surface area contributed by atoms with E-state index in [9.17, 15) is 4.39 Å². The highest BCUT2D eigenvalue weighted by atomic mass is 127. The fourth-order valence-corrected chi connectivity index (χ4v) is 2.73. The van der Waals surface area contributed by atoms with Gasteiger partial charge in [0.2, 0.25) is 5.88 Å². The summed E-state index contributed by atoms with van der Waals surface area (Å²) >= 11 is 0. The lowest BCUT2D eigenvalue weighted by atomic mass is 10.2. The van der Waals surface area contributed by atoms with Crippen LogP contribution in [0.15, 0.2) is 65.8 Å². The number of nitrogens with two attached hydrogens (primary N) is 1. The Morgan fingerprint density at radius 2 is 1.72 bits per heavy atom. The average Bonchev–Trinajstić information content (AvgIpc) is 2.76. The minimum atomic E-state index is -0.328. The molecule has 0 saturated carbocycles. The lowest BCUT2D eigenvalue weighted by Crippen LogP contribution is -2.23.